The number of hydrogen-bond acceptors (Lipinski definition) is 7. The van der Waals surface area contributed by atoms with Crippen molar-refractivity contribution in [2.24, 2.45) is 4.99 Å². The maximum atomic E-state index is 12.4. The summed E-state index contributed by atoms with van der Waals surface area (Å²) in [4.78, 5) is 10.7. The summed E-state index contributed by atoms with van der Waals surface area (Å²) in [6.45, 7) is 10.7. The maximum absolute atomic E-state index is 12.4. The highest BCUT2D eigenvalue weighted by Crippen LogP contribution is 2.09. The minimum absolute atomic E-state index is 0. The summed E-state index contributed by atoms with van der Waals surface area (Å²) in [5, 5.41) is 7.07. The number of rotatable bonds is 8. The second-order valence-corrected chi connectivity index (χ2v) is 8.61. The van der Waals surface area contributed by atoms with Crippen LogP contribution in [0.3, 0.4) is 0 Å². The van der Waals surface area contributed by atoms with Gasteiger partial charge in [-0.25, -0.2) is 13.4 Å². The lowest BCUT2D eigenvalue weighted by Gasteiger charge is -2.35. The number of aromatic nitrogens is 2. The van der Waals surface area contributed by atoms with Gasteiger partial charge in [0, 0.05) is 39.6 Å². The van der Waals surface area contributed by atoms with E-state index in [2.05, 4.69) is 20.4 Å². The summed E-state index contributed by atoms with van der Waals surface area (Å²) in [5.41, 5.74) is 0. The van der Waals surface area contributed by atoms with E-state index in [0.29, 0.717) is 44.4 Å². The molecular formula is C16H31IN6O4S. The van der Waals surface area contributed by atoms with Gasteiger partial charge in [-0.05, 0) is 20.8 Å². The number of sulfonamides is 1. The summed E-state index contributed by atoms with van der Waals surface area (Å²) in [7, 11) is -3.30. The lowest BCUT2D eigenvalue weighted by molar-refractivity contribution is 0.0904. The van der Waals surface area contributed by atoms with Crippen molar-refractivity contribution in [2.45, 2.75) is 40.3 Å². The molecule has 1 aliphatic rings. The molecular weight excluding hydrogens is 499 g/mol. The number of hydrogen-bond donors (Lipinski definition) is 1. The van der Waals surface area contributed by atoms with Crippen LogP contribution in [0.25, 0.3) is 0 Å². The molecule has 0 radical (unpaired) electrons. The maximum Gasteiger partial charge on any atom is 0.223 e. The minimum Gasteiger partial charge on any atom is -0.378 e. The Labute approximate surface area is 184 Å². The van der Waals surface area contributed by atoms with Crippen molar-refractivity contribution in [3.8, 4) is 0 Å². The Balaban J connectivity index is 0.00000392. The van der Waals surface area contributed by atoms with E-state index in [0.717, 1.165) is 12.5 Å². The van der Waals surface area contributed by atoms with Crippen molar-refractivity contribution in [1.82, 2.24) is 24.7 Å². The van der Waals surface area contributed by atoms with Gasteiger partial charge in [0.25, 0.3) is 0 Å². The Kier molecular flexibility index (Phi) is 10.6. The van der Waals surface area contributed by atoms with Gasteiger partial charge in [0.05, 0.1) is 18.5 Å². The molecule has 0 aliphatic carbocycles. The molecule has 0 bridgehead atoms. The first-order valence-corrected chi connectivity index (χ1v) is 10.8. The molecule has 1 aliphatic heterocycles. The first-order chi connectivity index (χ1) is 12.8. The van der Waals surface area contributed by atoms with Crippen LogP contribution in [-0.2, 0) is 21.3 Å². The molecule has 28 heavy (non-hydrogen) atoms. The molecule has 0 unspecified atom stereocenters. The highest BCUT2D eigenvalue weighted by molar-refractivity contribution is 14.0. The Morgan fingerprint density at radius 1 is 1.32 bits per heavy atom. The standard InChI is InChI=1S/C16H30N6O4S.HI/c1-5-17-16(18-12-15-19-14(4)26-20-15)21-6-8-22(9-7-21)27(23,24)11-10-25-13(2)3;/h13H,5-12H2,1-4H3,(H,17,18);1H. The predicted octanol–water partition coefficient (Wildman–Crippen LogP) is 0.834. The fourth-order valence-corrected chi connectivity index (χ4v) is 3.96. The summed E-state index contributed by atoms with van der Waals surface area (Å²) in [6.07, 6.45) is 0.0268. The average Bonchev–Trinajstić information content (AvgIpc) is 3.03. The van der Waals surface area contributed by atoms with Crippen molar-refractivity contribution in [1.29, 1.82) is 0 Å². The number of piperazine rings is 1. The molecule has 1 aromatic heterocycles. The molecule has 0 atom stereocenters. The molecule has 0 spiro atoms. The first kappa shape index (κ1) is 25.0. The lowest BCUT2D eigenvalue weighted by atomic mass is 10.4. The van der Waals surface area contributed by atoms with Crippen LogP contribution in [0.5, 0.6) is 0 Å². The van der Waals surface area contributed by atoms with E-state index < -0.39 is 10.0 Å². The molecule has 1 fully saturated rings. The number of halogens is 1. The third kappa shape index (κ3) is 7.79. The van der Waals surface area contributed by atoms with Gasteiger partial charge in [-0.15, -0.1) is 24.0 Å². The SMILES string of the molecule is CCNC(=NCc1noc(C)n1)N1CCN(S(=O)(=O)CCOC(C)C)CC1.I. The second kappa shape index (κ2) is 11.9. The zero-order chi connectivity index (χ0) is 19.9. The normalized spacial score (nSPS) is 16.3. The fourth-order valence-electron chi connectivity index (χ4n) is 2.67. The molecule has 0 amide bonds. The van der Waals surface area contributed by atoms with Crippen LogP contribution in [0.15, 0.2) is 9.52 Å². The van der Waals surface area contributed by atoms with Crippen LogP contribution in [0.2, 0.25) is 0 Å². The van der Waals surface area contributed by atoms with Gasteiger partial charge >= 0.3 is 0 Å². The van der Waals surface area contributed by atoms with Gasteiger partial charge in [-0.3, -0.25) is 0 Å². The third-order valence-corrected chi connectivity index (χ3v) is 5.83. The van der Waals surface area contributed by atoms with E-state index in [-0.39, 0.29) is 42.4 Å². The topological polar surface area (TPSA) is 113 Å². The molecule has 1 aromatic rings. The Morgan fingerprint density at radius 2 is 2.00 bits per heavy atom. The van der Waals surface area contributed by atoms with Crippen molar-refractivity contribution in [3.63, 3.8) is 0 Å². The third-order valence-electron chi connectivity index (χ3n) is 4.00. The molecule has 162 valence electrons. The predicted molar refractivity (Wildman–Crippen MR) is 117 cm³/mol. The molecule has 0 saturated carbocycles. The van der Waals surface area contributed by atoms with E-state index in [1.54, 1.807) is 6.92 Å². The Bertz CT molecular complexity index is 716. The highest BCUT2D eigenvalue weighted by atomic mass is 127. The zero-order valence-electron chi connectivity index (χ0n) is 16.9. The molecule has 1 N–H and O–H groups in total. The van der Waals surface area contributed by atoms with Gasteiger partial charge in [0.2, 0.25) is 15.9 Å². The number of nitrogens with one attached hydrogen (secondary N) is 1. The van der Waals surface area contributed by atoms with Gasteiger partial charge < -0.3 is 19.5 Å². The fraction of sp³-hybridized carbons (Fsp3) is 0.812. The number of guanidine groups is 1. The van der Waals surface area contributed by atoms with E-state index in [4.69, 9.17) is 9.26 Å². The Morgan fingerprint density at radius 3 is 2.54 bits per heavy atom. The second-order valence-electron chi connectivity index (χ2n) is 6.52. The molecule has 1 saturated heterocycles. The average molecular weight is 530 g/mol. The van der Waals surface area contributed by atoms with Crippen molar-refractivity contribution < 1.29 is 17.7 Å². The van der Waals surface area contributed by atoms with Gasteiger partial charge in [0.15, 0.2) is 11.8 Å². The largest absolute Gasteiger partial charge is 0.378 e. The molecule has 10 nitrogen and oxygen atoms in total. The van der Waals surface area contributed by atoms with E-state index >= 15 is 0 Å². The van der Waals surface area contributed by atoms with Crippen molar-refractivity contribution in [2.75, 3.05) is 45.1 Å². The summed E-state index contributed by atoms with van der Waals surface area (Å²) >= 11 is 0. The van der Waals surface area contributed by atoms with Gasteiger partial charge in [0.1, 0.15) is 6.54 Å². The van der Waals surface area contributed by atoms with Crippen LogP contribution in [0.1, 0.15) is 32.5 Å². The van der Waals surface area contributed by atoms with Crippen LogP contribution >= 0.6 is 24.0 Å². The zero-order valence-corrected chi connectivity index (χ0v) is 20.1. The van der Waals surface area contributed by atoms with Gasteiger partial charge in [-0.1, -0.05) is 5.16 Å². The number of ether oxygens (including phenoxy) is 1. The first-order valence-electron chi connectivity index (χ1n) is 9.23. The quantitative estimate of drug-likeness (QED) is 0.299. The van der Waals surface area contributed by atoms with Crippen LogP contribution in [-0.4, -0.2) is 84.9 Å². The van der Waals surface area contributed by atoms with Crippen LogP contribution in [0.4, 0.5) is 0 Å². The van der Waals surface area contributed by atoms with Gasteiger partial charge in [-0.2, -0.15) is 9.29 Å². The number of nitrogens with zero attached hydrogens (tertiary/aromatic N) is 5. The van der Waals surface area contributed by atoms with Crippen LogP contribution < -0.4 is 5.32 Å². The smallest absolute Gasteiger partial charge is 0.223 e. The molecule has 2 rings (SSSR count). The van der Waals surface area contributed by atoms with Crippen molar-refractivity contribution >= 4 is 40.0 Å². The van der Waals surface area contributed by atoms with Crippen LogP contribution in [0, 0.1) is 6.92 Å². The number of aliphatic imine (C=N–C) groups is 1. The van der Waals surface area contributed by atoms with Crippen molar-refractivity contribution in [3.05, 3.63) is 11.7 Å². The summed E-state index contributed by atoms with van der Waals surface area (Å²) < 4.78 is 36.7. The lowest BCUT2D eigenvalue weighted by Crippen LogP contribution is -2.54. The number of aryl methyl sites for hydroxylation is 1. The molecule has 0 aromatic carbocycles. The highest BCUT2D eigenvalue weighted by Gasteiger charge is 2.28. The molecule has 2 heterocycles. The van der Waals surface area contributed by atoms with E-state index in [9.17, 15) is 8.42 Å². The van der Waals surface area contributed by atoms with E-state index in [1.165, 1.54) is 4.31 Å². The van der Waals surface area contributed by atoms with E-state index in [1.807, 2.05) is 25.7 Å². The summed E-state index contributed by atoms with van der Waals surface area (Å²) in [6, 6.07) is 0. The molecule has 12 heteroatoms. The monoisotopic (exact) mass is 530 g/mol. The summed E-state index contributed by atoms with van der Waals surface area (Å²) in [5.74, 6) is 1.76. The minimum atomic E-state index is -3.30. The Hall–Kier alpha value is -0.990.